The van der Waals surface area contributed by atoms with E-state index in [0.717, 1.165) is 17.7 Å². The van der Waals surface area contributed by atoms with Crippen LogP contribution < -0.4 is 9.64 Å². The lowest BCUT2D eigenvalue weighted by Gasteiger charge is -2.24. The quantitative estimate of drug-likeness (QED) is 0.642. The number of hydrogen-bond donors (Lipinski definition) is 0. The van der Waals surface area contributed by atoms with E-state index >= 15 is 0 Å². The topological polar surface area (TPSA) is 76.0 Å². The van der Waals surface area contributed by atoms with Gasteiger partial charge in [0.2, 0.25) is 5.91 Å². The predicted octanol–water partition coefficient (Wildman–Crippen LogP) is 3.82. The van der Waals surface area contributed by atoms with Crippen molar-refractivity contribution in [2.45, 2.75) is 30.5 Å². The number of halogens is 3. The second-order valence-electron chi connectivity index (χ2n) is 7.49. The fraction of sp³-hybridized carbons (Fsp3) is 0.333. The number of aliphatic imine (C=N–C) groups is 1. The number of benzene rings is 2. The van der Waals surface area contributed by atoms with Gasteiger partial charge in [-0.05, 0) is 36.2 Å². The van der Waals surface area contributed by atoms with Crippen molar-refractivity contribution in [3.8, 4) is 5.75 Å². The van der Waals surface area contributed by atoms with Gasteiger partial charge < -0.3 is 9.64 Å². The molecule has 0 aliphatic carbocycles. The van der Waals surface area contributed by atoms with Crippen LogP contribution in [0.15, 0.2) is 59.6 Å². The average molecular weight is 485 g/mol. The van der Waals surface area contributed by atoms with Gasteiger partial charge in [-0.25, -0.2) is 8.42 Å². The molecule has 2 aliphatic heterocycles. The van der Waals surface area contributed by atoms with Gasteiger partial charge in [0.15, 0.2) is 15.0 Å². The molecule has 2 fully saturated rings. The lowest BCUT2D eigenvalue weighted by Crippen LogP contribution is -2.37. The molecule has 2 heterocycles. The number of carbonyl (C=O) groups excluding carboxylic acids is 1. The Hall–Kier alpha value is -2.53. The molecule has 4 rings (SSSR count). The normalized spacial score (nSPS) is 23.3. The lowest BCUT2D eigenvalue weighted by atomic mass is 10.1. The number of hydrogen-bond acceptors (Lipinski definition) is 5. The predicted molar refractivity (Wildman–Crippen MR) is 117 cm³/mol. The molecule has 0 saturated carbocycles. The van der Waals surface area contributed by atoms with Crippen molar-refractivity contribution in [3.05, 3.63) is 60.2 Å². The van der Waals surface area contributed by atoms with Gasteiger partial charge in [-0.3, -0.25) is 4.79 Å². The molecule has 0 radical (unpaired) electrons. The van der Waals surface area contributed by atoms with Gasteiger partial charge in [0.05, 0.1) is 17.5 Å². The van der Waals surface area contributed by atoms with Gasteiger partial charge in [0.25, 0.3) is 0 Å². The Morgan fingerprint density at radius 1 is 1.09 bits per heavy atom. The number of fused-ring (bicyclic) bond motifs is 1. The second kappa shape index (κ2) is 8.78. The maximum atomic E-state index is 12.5. The minimum absolute atomic E-state index is 0.0364. The fourth-order valence-electron chi connectivity index (χ4n) is 3.73. The van der Waals surface area contributed by atoms with E-state index in [-0.39, 0.29) is 34.8 Å². The Morgan fingerprint density at radius 3 is 2.44 bits per heavy atom. The van der Waals surface area contributed by atoms with Crippen LogP contribution in [0, 0.1) is 0 Å². The first kappa shape index (κ1) is 22.7. The summed E-state index contributed by atoms with van der Waals surface area (Å²) < 4.78 is 65.5. The standard InChI is InChI=1S/C21H19F3N2O4S2/c22-21(23,24)30-16-9-7-15(8-10-16)26-17-12-32(28,29)13-18(17)31-20(26)25-19(27)11-6-14-4-2-1-3-5-14/h1-5,7-10,17-18H,6,11-13H2/t17-,18+/m1/s1. The Bertz CT molecular complexity index is 1120. The molecular formula is C21H19F3N2O4S2. The number of alkyl halides is 3. The summed E-state index contributed by atoms with van der Waals surface area (Å²) in [6.07, 6.45) is -4.10. The monoisotopic (exact) mass is 484 g/mol. The Labute approximate surface area is 187 Å². The number of sulfone groups is 1. The van der Waals surface area contributed by atoms with Crippen LogP contribution in [-0.4, -0.2) is 48.7 Å². The lowest BCUT2D eigenvalue weighted by molar-refractivity contribution is -0.274. The highest BCUT2D eigenvalue weighted by molar-refractivity contribution is 8.16. The Morgan fingerprint density at radius 2 is 1.78 bits per heavy atom. The van der Waals surface area contributed by atoms with Gasteiger partial charge in [0.1, 0.15) is 5.75 Å². The van der Waals surface area contributed by atoms with Crippen LogP contribution >= 0.6 is 11.8 Å². The minimum Gasteiger partial charge on any atom is -0.406 e. The van der Waals surface area contributed by atoms with Crippen LogP contribution in [0.1, 0.15) is 12.0 Å². The third-order valence-corrected chi connectivity index (χ3v) is 8.32. The molecule has 170 valence electrons. The van der Waals surface area contributed by atoms with Crippen LogP contribution in [0.25, 0.3) is 0 Å². The highest BCUT2D eigenvalue weighted by Crippen LogP contribution is 2.41. The Kier molecular flexibility index (Phi) is 6.22. The molecule has 11 heteroatoms. The first-order chi connectivity index (χ1) is 15.1. The number of amides is 1. The van der Waals surface area contributed by atoms with Crippen LogP contribution in [-0.2, 0) is 21.1 Å². The molecule has 2 saturated heterocycles. The third-order valence-electron chi connectivity index (χ3n) is 5.11. The van der Waals surface area contributed by atoms with Gasteiger partial charge in [-0.2, -0.15) is 4.99 Å². The van der Waals surface area contributed by atoms with E-state index in [1.165, 1.54) is 23.9 Å². The first-order valence-electron chi connectivity index (χ1n) is 9.77. The molecule has 0 bridgehead atoms. The van der Waals surface area contributed by atoms with Gasteiger partial charge in [-0.15, -0.1) is 13.2 Å². The van der Waals surface area contributed by atoms with Crippen molar-refractivity contribution in [2.75, 3.05) is 16.4 Å². The summed E-state index contributed by atoms with van der Waals surface area (Å²) in [6.45, 7) is 0. The average Bonchev–Trinajstić information content (AvgIpc) is 3.17. The van der Waals surface area contributed by atoms with E-state index < -0.39 is 22.2 Å². The number of anilines is 1. The largest absolute Gasteiger partial charge is 0.573 e. The first-order valence-corrected chi connectivity index (χ1v) is 12.5. The number of carbonyl (C=O) groups is 1. The summed E-state index contributed by atoms with van der Waals surface area (Å²) in [4.78, 5) is 18.4. The summed E-state index contributed by atoms with van der Waals surface area (Å²) in [5.41, 5.74) is 1.45. The highest BCUT2D eigenvalue weighted by atomic mass is 32.2. The fourth-order valence-corrected chi connectivity index (χ4v) is 7.66. The number of thioether (sulfide) groups is 1. The molecule has 1 amide bonds. The molecule has 2 atom stereocenters. The van der Waals surface area contributed by atoms with Crippen LogP contribution in [0.5, 0.6) is 5.75 Å². The van der Waals surface area contributed by atoms with Crippen LogP contribution in [0.2, 0.25) is 0 Å². The van der Waals surface area contributed by atoms with Gasteiger partial charge >= 0.3 is 6.36 Å². The number of nitrogens with zero attached hydrogens (tertiary/aromatic N) is 2. The van der Waals surface area contributed by atoms with Crippen molar-refractivity contribution in [1.82, 2.24) is 0 Å². The zero-order chi connectivity index (χ0) is 22.9. The Balaban J connectivity index is 1.56. The van der Waals surface area contributed by atoms with Gasteiger partial charge in [-0.1, -0.05) is 42.1 Å². The maximum absolute atomic E-state index is 12.5. The second-order valence-corrected chi connectivity index (χ2v) is 10.8. The van der Waals surface area contributed by atoms with Crippen molar-refractivity contribution in [3.63, 3.8) is 0 Å². The molecule has 0 spiro atoms. The van der Waals surface area contributed by atoms with E-state index in [0.29, 0.717) is 17.3 Å². The zero-order valence-electron chi connectivity index (χ0n) is 16.7. The molecule has 6 nitrogen and oxygen atoms in total. The number of ether oxygens (including phenoxy) is 1. The number of aryl methyl sites for hydroxylation is 1. The van der Waals surface area contributed by atoms with Crippen molar-refractivity contribution in [1.29, 1.82) is 0 Å². The van der Waals surface area contributed by atoms with Crippen LogP contribution in [0.4, 0.5) is 18.9 Å². The van der Waals surface area contributed by atoms with Crippen LogP contribution in [0.3, 0.4) is 0 Å². The third kappa shape index (κ3) is 5.44. The van der Waals surface area contributed by atoms with E-state index in [2.05, 4.69) is 9.73 Å². The number of rotatable bonds is 5. The summed E-state index contributed by atoms with van der Waals surface area (Å²) in [5.74, 6) is -0.879. The maximum Gasteiger partial charge on any atom is 0.573 e. The zero-order valence-corrected chi connectivity index (χ0v) is 18.3. The smallest absolute Gasteiger partial charge is 0.406 e. The van der Waals surface area contributed by atoms with E-state index in [4.69, 9.17) is 0 Å². The molecular weight excluding hydrogens is 465 g/mol. The van der Waals surface area contributed by atoms with Crippen molar-refractivity contribution >= 4 is 38.4 Å². The molecule has 0 aromatic heterocycles. The van der Waals surface area contributed by atoms with E-state index in [1.807, 2.05) is 30.3 Å². The minimum atomic E-state index is -4.81. The van der Waals surface area contributed by atoms with Crippen molar-refractivity contribution < 1.29 is 31.1 Å². The van der Waals surface area contributed by atoms with Crippen molar-refractivity contribution in [2.24, 2.45) is 4.99 Å². The summed E-state index contributed by atoms with van der Waals surface area (Å²) in [7, 11) is -3.25. The highest BCUT2D eigenvalue weighted by Gasteiger charge is 2.49. The molecule has 2 aliphatic rings. The summed E-state index contributed by atoms with van der Waals surface area (Å²) in [5, 5.41) is 0.0595. The summed E-state index contributed by atoms with van der Waals surface area (Å²) >= 11 is 1.22. The van der Waals surface area contributed by atoms with E-state index in [9.17, 15) is 26.4 Å². The molecule has 0 N–H and O–H groups in total. The molecule has 2 aromatic rings. The molecule has 2 aromatic carbocycles. The summed E-state index contributed by atoms with van der Waals surface area (Å²) in [6, 6.07) is 14.1. The van der Waals surface area contributed by atoms with E-state index in [1.54, 1.807) is 4.90 Å². The van der Waals surface area contributed by atoms with Gasteiger partial charge in [0, 0.05) is 17.4 Å². The number of amidine groups is 1. The molecule has 0 unspecified atom stereocenters. The SMILES string of the molecule is O=C(CCc1ccccc1)N=C1S[C@H]2CS(=O)(=O)C[C@H]2N1c1ccc(OC(F)(F)F)cc1. The molecule has 32 heavy (non-hydrogen) atoms.